The van der Waals surface area contributed by atoms with Gasteiger partial charge in [-0.25, -0.2) is 0 Å². The molecule has 0 unspecified atom stereocenters. The fraction of sp³-hybridized carbons (Fsp3) is 0.636. The first-order valence-corrected chi connectivity index (χ1v) is 10.4. The zero-order valence-electron chi connectivity index (χ0n) is 15.6. The second-order valence-corrected chi connectivity index (χ2v) is 8.56. The third-order valence-corrected chi connectivity index (χ3v) is 6.55. The molecule has 3 fully saturated rings. The maximum absolute atomic E-state index is 12.9. The van der Waals surface area contributed by atoms with Crippen LogP contribution in [-0.4, -0.2) is 43.2 Å². The highest BCUT2D eigenvalue weighted by Gasteiger charge is 2.49. The lowest BCUT2D eigenvalue weighted by atomic mass is 9.88. The number of nitrogens with one attached hydrogen (secondary N) is 1. The number of rotatable bonds is 5. The van der Waals surface area contributed by atoms with E-state index in [1.54, 1.807) is 0 Å². The SMILES string of the molecule is O=C(C[C@H]1CO[C@H]2[C@@H]1OC[C@@H]2NC(=O)C1CC1)c1ccc2c(c1)CCCC2. The molecule has 0 spiro atoms. The lowest BCUT2D eigenvalue weighted by molar-refractivity contribution is -0.123. The van der Waals surface area contributed by atoms with Crippen LogP contribution in [0.4, 0.5) is 0 Å². The smallest absolute Gasteiger partial charge is 0.223 e. The van der Waals surface area contributed by atoms with Crippen molar-refractivity contribution in [2.24, 2.45) is 11.8 Å². The number of hydrogen-bond acceptors (Lipinski definition) is 4. The highest BCUT2D eigenvalue weighted by Crippen LogP contribution is 2.35. The number of ketones is 1. The van der Waals surface area contributed by atoms with Crippen molar-refractivity contribution in [2.75, 3.05) is 13.2 Å². The third kappa shape index (κ3) is 3.43. The van der Waals surface area contributed by atoms with Crippen LogP contribution in [0.25, 0.3) is 0 Å². The summed E-state index contributed by atoms with van der Waals surface area (Å²) in [5.74, 6) is 0.557. The molecule has 0 aromatic heterocycles. The molecule has 144 valence electrons. The Hall–Kier alpha value is -1.72. The van der Waals surface area contributed by atoms with Crippen LogP contribution in [0.15, 0.2) is 18.2 Å². The number of aryl methyl sites for hydroxylation is 2. The molecule has 1 amide bonds. The Labute approximate surface area is 159 Å². The van der Waals surface area contributed by atoms with E-state index >= 15 is 0 Å². The Kier molecular flexibility index (Phi) is 4.52. The average molecular weight is 369 g/mol. The summed E-state index contributed by atoms with van der Waals surface area (Å²) in [6.07, 6.45) is 6.91. The Morgan fingerprint density at radius 1 is 1.00 bits per heavy atom. The Balaban J connectivity index is 1.21. The third-order valence-electron chi connectivity index (χ3n) is 6.55. The summed E-state index contributed by atoms with van der Waals surface area (Å²) in [5.41, 5.74) is 3.55. The van der Waals surface area contributed by atoms with Gasteiger partial charge in [0.1, 0.15) is 6.10 Å². The molecule has 5 nitrogen and oxygen atoms in total. The lowest BCUT2D eigenvalue weighted by Gasteiger charge is -2.18. The van der Waals surface area contributed by atoms with Crippen molar-refractivity contribution >= 4 is 11.7 Å². The predicted octanol–water partition coefficient (Wildman–Crippen LogP) is 2.45. The standard InChI is InChI=1S/C22H27NO4/c24-19(16-8-5-13-3-1-2-4-15(13)9-16)10-17-11-26-21-18(12-27-20(17)21)23-22(25)14-6-7-14/h5,8-9,14,17-18,20-21H,1-4,6-7,10-12H2,(H,23,25)/t17-,18-,20+,21+/m0/s1. The molecule has 4 aliphatic rings. The van der Waals surface area contributed by atoms with Crippen molar-refractivity contribution < 1.29 is 19.1 Å². The maximum Gasteiger partial charge on any atom is 0.223 e. The molecule has 1 aromatic rings. The van der Waals surface area contributed by atoms with Gasteiger partial charge in [-0.15, -0.1) is 0 Å². The molecule has 0 bridgehead atoms. The van der Waals surface area contributed by atoms with E-state index < -0.39 is 0 Å². The minimum Gasteiger partial charge on any atom is -0.373 e. The number of hydrogen-bond donors (Lipinski definition) is 1. The average Bonchev–Trinajstić information content (AvgIpc) is 3.37. The van der Waals surface area contributed by atoms with E-state index in [4.69, 9.17) is 9.47 Å². The first-order chi connectivity index (χ1) is 13.2. The van der Waals surface area contributed by atoms with E-state index in [1.807, 2.05) is 6.07 Å². The van der Waals surface area contributed by atoms with Crippen molar-refractivity contribution in [3.05, 3.63) is 34.9 Å². The van der Waals surface area contributed by atoms with Crippen molar-refractivity contribution in [1.82, 2.24) is 5.32 Å². The zero-order valence-corrected chi connectivity index (χ0v) is 15.6. The van der Waals surface area contributed by atoms with Gasteiger partial charge < -0.3 is 14.8 Å². The van der Waals surface area contributed by atoms with Gasteiger partial charge in [0.15, 0.2) is 5.78 Å². The summed E-state index contributed by atoms with van der Waals surface area (Å²) in [7, 11) is 0. The van der Waals surface area contributed by atoms with Gasteiger partial charge in [0, 0.05) is 23.8 Å². The molecular formula is C22H27NO4. The summed E-state index contributed by atoms with van der Waals surface area (Å²) in [4.78, 5) is 24.9. The Morgan fingerprint density at radius 3 is 2.59 bits per heavy atom. The highest BCUT2D eigenvalue weighted by molar-refractivity contribution is 5.96. The maximum atomic E-state index is 12.9. The van der Waals surface area contributed by atoms with Crippen LogP contribution in [0.5, 0.6) is 0 Å². The molecule has 4 atom stereocenters. The zero-order chi connectivity index (χ0) is 18.4. The number of carbonyl (C=O) groups is 2. The monoisotopic (exact) mass is 369 g/mol. The second-order valence-electron chi connectivity index (χ2n) is 8.56. The van der Waals surface area contributed by atoms with Gasteiger partial charge in [0.05, 0.1) is 25.4 Å². The van der Waals surface area contributed by atoms with E-state index in [0.29, 0.717) is 19.6 Å². The normalized spacial score (nSPS) is 32.0. The quantitative estimate of drug-likeness (QED) is 0.810. The van der Waals surface area contributed by atoms with Gasteiger partial charge in [-0.1, -0.05) is 12.1 Å². The van der Waals surface area contributed by atoms with Crippen LogP contribution in [0.2, 0.25) is 0 Å². The molecule has 1 aromatic carbocycles. The van der Waals surface area contributed by atoms with Crippen molar-refractivity contribution in [2.45, 2.75) is 63.2 Å². The number of carbonyl (C=O) groups excluding carboxylic acids is 2. The summed E-state index contributed by atoms with van der Waals surface area (Å²) >= 11 is 0. The van der Waals surface area contributed by atoms with Gasteiger partial charge >= 0.3 is 0 Å². The van der Waals surface area contributed by atoms with Gasteiger partial charge in [0.2, 0.25) is 5.91 Å². The molecule has 2 heterocycles. The first kappa shape index (κ1) is 17.4. The fourth-order valence-electron chi connectivity index (χ4n) is 4.79. The highest BCUT2D eigenvalue weighted by atomic mass is 16.6. The summed E-state index contributed by atoms with van der Waals surface area (Å²) in [6, 6.07) is 6.13. The van der Waals surface area contributed by atoms with Gasteiger partial charge in [-0.05, 0) is 55.7 Å². The minimum absolute atomic E-state index is 0.0707. The molecule has 5 rings (SSSR count). The van der Waals surface area contributed by atoms with E-state index in [-0.39, 0.29) is 41.8 Å². The van der Waals surface area contributed by atoms with E-state index in [2.05, 4.69) is 17.4 Å². The molecule has 1 N–H and O–H groups in total. The molecule has 5 heteroatoms. The van der Waals surface area contributed by atoms with Crippen LogP contribution >= 0.6 is 0 Å². The first-order valence-electron chi connectivity index (χ1n) is 10.4. The summed E-state index contributed by atoms with van der Waals surface area (Å²) in [6.45, 7) is 1.01. The summed E-state index contributed by atoms with van der Waals surface area (Å²) < 4.78 is 11.9. The fourth-order valence-corrected chi connectivity index (χ4v) is 4.79. The number of ether oxygens (including phenoxy) is 2. The van der Waals surface area contributed by atoms with Gasteiger partial charge in [-0.2, -0.15) is 0 Å². The lowest BCUT2D eigenvalue weighted by Crippen LogP contribution is -2.44. The second kappa shape index (κ2) is 7.02. The molecular weight excluding hydrogens is 342 g/mol. The largest absolute Gasteiger partial charge is 0.373 e. The minimum atomic E-state index is -0.117. The van der Waals surface area contributed by atoms with Crippen LogP contribution in [0, 0.1) is 11.8 Å². The van der Waals surface area contributed by atoms with Crippen LogP contribution in [0.3, 0.4) is 0 Å². The van der Waals surface area contributed by atoms with Crippen LogP contribution in [0.1, 0.15) is 53.6 Å². The van der Waals surface area contributed by atoms with Crippen LogP contribution in [-0.2, 0) is 27.1 Å². The molecule has 2 aliphatic carbocycles. The molecule has 2 saturated heterocycles. The Morgan fingerprint density at radius 2 is 1.78 bits per heavy atom. The predicted molar refractivity (Wildman–Crippen MR) is 99.7 cm³/mol. The number of amides is 1. The summed E-state index contributed by atoms with van der Waals surface area (Å²) in [5, 5.41) is 3.08. The molecule has 0 radical (unpaired) electrons. The topological polar surface area (TPSA) is 64.6 Å². The number of benzene rings is 1. The molecule has 27 heavy (non-hydrogen) atoms. The van der Waals surface area contributed by atoms with E-state index in [1.165, 1.54) is 24.0 Å². The van der Waals surface area contributed by atoms with Crippen molar-refractivity contribution in [3.8, 4) is 0 Å². The van der Waals surface area contributed by atoms with Crippen molar-refractivity contribution in [3.63, 3.8) is 0 Å². The van der Waals surface area contributed by atoms with Gasteiger partial charge in [0.25, 0.3) is 0 Å². The van der Waals surface area contributed by atoms with E-state index in [9.17, 15) is 9.59 Å². The van der Waals surface area contributed by atoms with Crippen molar-refractivity contribution in [1.29, 1.82) is 0 Å². The number of Topliss-reactive ketones (excluding diaryl/α,β-unsaturated/α-hetero) is 1. The molecule has 1 saturated carbocycles. The Bertz CT molecular complexity index is 757. The van der Waals surface area contributed by atoms with E-state index in [0.717, 1.165) is 31.2 Å². The number of fused-ring (bicyclic) bond motifs is 2. The van der Waals surface area contributed by atoms with Gasteiger partial charge in [-0.3, -0.25) is 9.59 Å². The van der Waals surface area contributed by atoms with Crippen LogP contribution < -0.4 is 5.32 Å². The molecule has 2 aliphatic heterocycles.